The van der Waals surface area contributed by atoms with Gasteiger partial charge in [0, 0.05) is 21.2 Å². The van der Waals surface area contributed by atoms with E-state index in [9.17, 15) is 0 Å². The molecule has 4 aromatic carbocycles. The Labute approximate surface area is 156 Å². The van der Waals surface area contributed by atoms with Crippen LogP contribution in [0, 0.1) is 6.92 Å². The highest BCUT2D eigenvalue weighted by atomic mass is 35.5. The average Bonchev–Trinajstić information content (AvgIpc) is 2.61. The minimum Gasteiger partial charge on any atom is -0.488 e. The van der Waals surface area contributed by atoms with Crippen LogP contribution in [0.4, 0.5) is 0 Å². The molecule has 1 nitrogen and oxygen atoms in total. The maximum atomic E-state index is 6.49. The fraction of sp³-hybridized carbons (Fsp3) is 0.0909. The predicted molar refractivity (Wildman–Crippen MR) is 107 cm³/mol. The Morgan fingerprint density at radius 2 is 1.52 bits per heavy atom. The van der Waals surface area contributed by atoms with Gasteiger partial charge in [-0.2, -0.15) is 0 Å². The molecular weight excluding hydrogens is 351 g/mol. The van der Waals surface area contributed by atoms with Gasteiger partial charge in [0.1, 0.15) is 12.4 Å². The van der Waals surface area contributed by atoms with Crippen molar-refractivity contribution in [2.24, 2.45) is 0 Å². The first-order chi connectivity index (χ1) is 12.1. The lowest BCUT2D eigenvalue weighted by molar-refractivity contribution is 0.314. The summed E-state index contributed by atoms with van der Waals surface area (Å²) in [5.41, 5.74) is 2.35. The van der Waals surface area contributed by atoms with Crippen LogP contribution < -0.4 is 4.74 Å². The number of rotatable bonds is 3. The summed E-state index contributed by atoms with van der Waals surface area (Å²) in [6.07, 6.45) is 0. The van der Waals surface area contributed by atoms with E-state index in [1.165, 1.54) is 5.56 Å². The topological polar surface area (TPSA) is 9.23 Å². The third kappa shape index (κ3) is 3.06. The number of hydrogen-bond donors (Lipinski definition) is 0. The first-order valence-corrected chi connectivity index (χ1v) is 8.87. The molecule has 4 rings (SSSR count). The van der Waals surface area contributed by atoms with Gasteiger partial charge in [-0.05, 0) is 36.1 Å². The van der Waals surface area contributed by atoms with Crippen molar-refractivity contribution in [3.63, 3.8) is 0 Å². The molecule has 0 aliphatic heterocycles. The molecule has 0 amide bonds. The molecule has 0 aliphatic rings. The van der Waals surface area contributed by atoms with E-state index in [1.54, 1.807) is 0 Å². The molecule has 0 spiro atoms. The Morgan fingerprint density at radius 1 is 0.800 bits per heavy atom. The van der Waals surface area contributed by atoms with Crippen LogP contribution in [0.1, 0.15) is 11.1 Å². The zero-order chi connectivity index (χ0) is 17.4. The molecule has 0 fully saturated rings. The molecule has 0 N–H and O–H groups in total. The van der Waals surface area contributed by atoms with E-state index in [0.29, 0.717) is 16.7 Å². The fourth-order valence-electron chi connectivity index (χ4n) is 3.06. The van der Waals surface area contributed by atoms with Gasteiger partial charge in [-0.15, -0.1) is 0 Å². The van der Waals surface area contributed by atoms with Crippen molar-refractivity contribution < 1.29 is 4.74 Å². The third-order valence-corrected chi connectivity index (χ3v) is 5.02. The zero-order valence-corrected chi connectivity index (χ0v) is 15.2. The second-order valence-electron chi connectivity index (χ2n) is 6.15. The van der Waals surface area contributed by atoms with Gasteiger partial charge in [-0.3, -0.25) is 0 Å². The van der Waals surface area contributed by atoms with Crippen molar-refractivity contribution >= 4 is 44.7 Å². The summed E-state index contributed by atoms with van der Waals surface area (Å²) < 4.78 is 6.25. The van der Waals surface area contributed by atoms with E-state index < -0.39 is 0 Å². The summed E-state index contributed by atoms with van der Waals surface area (Å²) in [7, 11) is 0. The highest BCUT2D eigenvalue weighted by molar-refractivity contribution is 6.39. The quantitative estimate of drug-likeness (QED) is 0.348. The van der Waals surface area contributed by atoms with E-state index in [-0.39, 0.29) is 0 Å². The molecule has 0 heterocycles. The van der Waals surface area contributed by atoms with Gasteiger partial charge in [0.15, 0.2) is 0 Å². The number of halogens is 2. The normalized spacial score (nSPS) is 11.2. The molecule has 0 aliphatic carbocycles. The summed E-state index contributed by atoms with van der Waals surface area (Å²) in [6.45, 7) is 2.55. The van der Waals surface area contributed by atoms with Gasteiger partial charge in [0.05, 0.1) is 5.02 Å². The third-order valence-electron chi connectivity index (χ3n) is 4.37. The molecule has 25 heavy (non-hydrogen) atoms. The maximum absolute atomic E-state index is 6.49. The molecule has 0 saturated carbocycles. The second-order valence-corrected chi connectivity index (χ2v) is 6.97. The molecule has 0 unspecified atom stereocenters. The lowest BCUT2D eigenvalue weighted by atomic mass is 10.0. The Morgan fingerprint density at radius 3 is 2.32 bits per heavy atom. The van der Waals surface area contributed by atoms with E-state index in [0.717, 1.165) is 32.9 Å². The smallest absolute Gasteiger partial charge is 0.137 e. The van der Waals surface area contributed by atoms with Gasteiger partial charge < -0.3 is 4.74 Å². The van der Waals surface area contributed by atoms with Crippen molar-refractivity contribution in [3.05, 3.63) is 87.9 Å². The van der Waals surface area contributed by atoms with Crippen LogP contribution in [0.2, 0.25) is 10.0 Å². The summed E-state index contributed by atoms with van der Waals surface area (Å²) in [6, 6.07) is 22.1. The average molecular weight is 367 g/mol. The summed E-state index contributed by atoms with van der Waals surface area (Å²) >= 11 is 12.9. The molecule has 124 valence electrons. The monoisotopic (exact) mass is 366 g/mol. The SMILES string of the molecule is Cc1ccc(COc2c3cccc(Cl)c3cc3cccc(Cl)c23)cc1. The summed E-state index contributed by atoms with van der Waals surface area (Å²) in [5.74, 6) is 0.779. The van der Waals surface area contributed by atoms with Crippen LogP contribution in [-0.2, 0) is 6.61 Å². The molecule has 4 aromatic rings. The van der Waals surface area contributed by atoms with Gasteiger partial charge >= 0.3 is 0 Å². The Balaban J connectivity index is 1.89. The number of fused-ring (bicyclic) bond motifs is 2. The lowest BCUT2D eigenvalue weighted by Gasteiger charge is -2.15. The molecule has 0 radical (unpaired) electrons. The molecule has 3 heteroatoms. The van der Waals surface area contributed by atoms with Crippen molar-refractivity contribution in [1.29, 1.82) is 0 Å². The van der Waals surface area contributed by atoms with E-state index in [1.807, 2.05) is 36.4 Å². The lowest BCUT2D eigenvalue weighted by Crippen LogP contribution is -1.97. The first-order valence-electron chi connectivity index (χ1n) is 8.11. The van der Waals surface area contributed by atoms with Crippen LogP contribution in [0.15, 0.2) is 66.7 Å². The number of hydrogen-bond acceptors (Lipinski definition) is 1. The second kappa shape index (κ2) is 6.59. The molecule has 0 saturated heterocycles. The largest absolute Gasteiger partial charge is 0.488 e. The van der Waals surface area contributed by atoms with Crippen molar-refractivity contribution in [3.8, 4) is 5.75 Å². The van der Waals surface area contributed by atoms with Crippen molar-refractivity contribution in [2.75, 3.05) is 0 Å². The highest BCUT2D eigenvalue weighted by Crippen LogP contribution is 2.41. The van der Waals surface area contributed by atoms with Crippen LogP contribution in [0.5, 0.6) is 5.75 Å². The van der Waals surface area contributed by atoms with Gasteiger partial charge in [-0.25, -0.2) is 0 Å². The van der Waals surface area contributed by atoms with Crippen LogP contribution in [0.3, 0.4) is 0 Å². The predicted octanol–water partition coefficient (Wildman–Crippen LogP) is 7.19. The standard InChI is InChI=1S/C22H16Cl2O/c1-14-8-10-15(11-9-14)13-25-22-17-5-3-6-19(23)18(17)12-16-4-2-7-20(24)21(16)22/h2-12H,13H2,1H3. The van der Waals surface area contributed by atoms with Crippen LogP contribution in [-0.4, -0.2) is 0 Å². The minimum atomic E-state index is 0.478. The zero-order valence-electron chi connectivity index (χ0n) is 13.7. The first kappa shape index (κ1) is 16.3. The Bertz CT molecular complexity index is 1070. The van der Waals surface area contributed by atoms with Gasteiger partial charge in [-0.1, -0.05) is 77.3 Å². The molecule has 0 atom stereocenters. The highest BCUT2D eigenvalue weighted by Gasteiger charge is 2.13. The van der Waals surface area contributed by atoms with E-state index in [4.69, 9.17) is 27.9 Å². The van der Waals surface area contributed by atoms with Crippen molar-refractivity contribution in [1.82, 2.24) is 0 Å². The fourth-order valence-corrected chi connectivity index (χ4v) is 3.56. The summed E-state index contributed by atoms with van der Waals surface area (Å²) in [5, 5.41) is 5.27. The van der Waals surface area contributed by atoms with Crippen molar-refractivity contribution in [2.45, 2.75) is 13.5 Å². The number of ether oxygens (including phenoxy) is 1. The minimum absolute atomic E-state index is 0.478. The molecular formula is C22H16Cl2O. The Kier molecular flexibility index (Phi) is 4.29. The van der Waals surface area contributed by atoms with Gasteiger partial charge in [0.25, 0.3) is 0 Å². The molecule has 0 bridgehead atoms. The molecule has 0 aromatic heterocycles. The number of benzene rings is 4. The van der Waals surface area contributed by atoms with Crippen LogP contribution >= 0.6 is 23.2 Å². The van der Waals surface area contributed by atoms with E-state index >= 15 is 0 Å². The van der Waals surface area contributed by atoms with E-state index in [2.05, 4.69) is 37.3 Å². The van der Waals surface area contributed by atoms with Crippen LogP contribution in [0.25, 0.3) is 21.5 Å². The van der Waals surface area contributed by atoms with Gasteiger partial charge in [0.2, 0.25) is 0 Å². The summed E-state index contributed by atoms with van der Waals surface area (Å²) in [4.78, 5) is 0. The maximum Gasteiger partial charge on any atom is 0.137 e. The Hall–Kier alpha value is -2.22. The number of aryl methyl sites for hydroxylation is 1.